The van der Waals surface area contributed by atoms with Crippen LogP contribution in [0.1, 0.15) is 44.5 Å². The Morgan fingerprint density at radius 2 is 2.08 bits per heavy atom. The number of rotatable bonds is 3. The van der Waals surface area contributed by atoms with Crippen LogP contribution in [0, 0.1) is 9.49 Å². The Kier molecular flexibility index (Phi) is 5.93. The Morgan fingerprint density at radius 3 is 2.77 bits per heavy atom. The lowest BCUT2D eigenvalue weighted by atomic mass is 9.88. The highest BCUT2D eigenvalue weighted by atomic mass is 127. The van der Waals surface area contributed by atoms with Gasteiger partial charge in [-0.1, -0.05) is 19.1 Å². The smallest absolute Gasteiger partial charge is 0.258 e. The monoisotopic (exact) mass is 499 g/mol. The van der Waals surface area contributed by atoms with Gasteiger partial charge in [0.05, 0.1) is 11.1 Å². The average Bonchev–Trinajstić information content (AvgIpc) is 2.91. The molecule has 0 aliphatic heterocycles. The summed E-state index contributed by atoms with van der Waals surface area (Å²) in [7, 11) is 0. The lowest BCUT2D eigenvalue weighted by Gasteiger charge is -2.18. The predicted molar refractivity (Wildman–Crippen MR) is 117 cm³/mol. The van der Waals surface area contributed by atoms with Crippen LogP contribution in [0.15, 0.2) is 24.3 Å². The standard InChI is InChI=1S/C18H18IN3O2S2/c1-9-6-7-11-13(8-9)26-17(14(11)15(20)23)22-18(25)21-16(24)10-4-2-3-5-12(10)19/h2-5,9H,6-8H2,1H3,(H2,20,23)(H2,21,22,24,25). The van der Waals surface area contributed by atoms with E-state index in [2.05, 4.69) is 40.1 Å². The lowest BCUT2D eigenvalue weighted by Crippen LogP contribution is -2.34. The van der Waals surface area contributed by atoms with Crippen molar-refractivity contribution in [3.8, 4) is 0 Å². The number of carbonyl (C=O) groups is 2. The van der Waals surface area contributed by atoms with Crippen LogP contribution in [0.5, 0.6) is 0 Å². The molecule has 0 radical (unpaired) electrons. The summed E-state index contributed by atoms with van der Waals surface area (Å²) < 4.78 is 0.837. The number of carbonyl (C=O) groups excluding carboxylic acids is 2. The molecule has 26 heavy (non-hydrogen) atoms. The molecular weight excluding hydrogens is 481 g/mol. The first-order valence-electron chi connectivity index (χ1n) is 8.18. The molecule has 1 heterocycles. The molecule has 136 valence electrons. The fourth-order valence-electron chi connectivity index (χ4n) is 3.05. The number of fused-ring (bicyclic) bond motifs is 1. The predicted octanol–water partition coefficient (Wildman–Crippen LogP) is 3.70. The highest BCUT2D eigenvalue weighted by Gasteiger charge is 2.27. The van der Waals surface area contributed by atoms with Gasteiger partial charge in [0.1, 0.15) is 5.00 Å². The molecule has 5 nitrogen and oxygen atoms in total. The Balaban J connectivity index is 1.78. The number of hydrogen-bond donors (Lipinski definition) is 3. The maximum Gasteiger partial charge on any atom is 0.258 e. The Bertz CT molecular complexity index is 895. The van der Waals surface area contributed by atoms with Crippen molar-refractivity contribution < 1.29 is 9.59 Å². The minimum Gasteiger partial charge on any atom is -0.365 e. The van der Waals surface area contributed by atoms with Crippen molar-refractivity contribution in [2.75, 3.05) is 5.32 Å². The fraction of sp³-hybridized carbons (Fsp3) is 0.278. The number of primary amides is 1. The molecule has 1 aromatic heterocycles. The molecule has 8 heteroatoms. The first-order valence-corrected chi connectivity index (χ1v) is 10.5. The second-order valence-corrected chi connectivity index (χ2v) is 8.98. The molecule has 1 atom stereocenters. The number of halogens is 1. The van der Waals surface area contributed by atoms with E-state index >= 15 is 0 Å². The Morgan fingerprint density at radius 1 is 1.35 bits per heavy atom. The second-order valence-electron chi connectivity index (χ2n) is 6.31. The molecule has 2 amide bonds. The SMILES string of the molecule is CC1CCc2c(sc(NC(=S)NC(=O)c3ccccc3I)c2C(N)=O)C1. The lowest BCUT2D eigenvalue weighted by molar-refractivity contribution is 0.0974. The Labute approximate surface area is 174 Å². The van der Waals surface area contributed by atoms with Crippen molar-refractivity contribution in [2.24, 2.45) is 11.7 Å². The van der Waals surface area contributed by atoms with Gasteiger partial charge < -0.3 is 11.1 Å². The molecule has 0 spiro atoms. The zero-order valence-corrected chi connectivity index (χ0v) is 17.9. The van der Waals surface area contributed by atoms with E-state index in [1.165, 1.54) is 16.2 Å². The van der Waals surface area contributed by atoms with Crippen LogP contribution in [-0.4, -0.2) is 16.9 Å². The van der Waals surface area contributed by atoms with Crippen LogP contribution in [0.2, 0.25) is 0 Å². The zero-order chi connectivity index (χ0) is 18.8. The largest absolute Gasteiger partial charge is 0.365 e. The first-order chi connectivity index (χ1) is 12.4. The van der Waals surface area contributed by atoms with Crippen molar-refractivity contribution >= 4 is 68.1 Å². The van der Waals surface area contributed by atoms with Crippen LogP contribution >= 0.6 is 46.1 Å². The summed E-state index contributed by atoms with van der Waals surface area (Å²) in [4.78, 5) is 25.5. The van der Waals surface area contributed by atoms with E-state index in [9.17, 15) is 9.59 Å². The molecule has 0 fully saturated rings. The van der Waals surface area contributed by atoms with Crippen LogP contribution in [0.4, 0.5) is 5.00 Å². The van der Waals surface area contributed by atoms with E-state index in [1.54, 1.807) is 12.1 Å². The van der Waals surface area contributed by atoms with Gasteiger partial charge in [0.15, 0.2) is 5.11 Å². The van der Waals surface area contributed by atoms with E-state index in [0.717, 1.165) is 28.4 Å². The summed E-state index contributed by atoms with van der Waals surface area (Å²) in [5, 5.41) is 6.44. The van der Waals surface area contributed by atoms with Crippen molar-refractivity contribution in [3.05, 3.63) is 49.4 Å². The second kappa shape index (κ2) is 8.01. The number of thiocarbonyl (C=S) groups is 1. The molecule has 1 unspecified atom stereocenters. The van der Waals surface area contributed by atoms with Gasteiger partial charge in [-0.05, 0) is 77.7 Å². The fourth-order valence-corrected chi connectivity index (χ4v) is 5.36. The average molecular weight is 499 g/mol. The molecule has 1 aliphatic rings. The molecule has 2 aromatic rings. The third-order valence-corrected chi connectivity index (χ3v) is 6.65. The van der Waals surface area contributed by atoms with Crippen molar-refractivity contribution in [3.63, 3.8) is 0 Å². The number of amides is 2. The van der Waals surface area contributed by atoms with Gasteiger partial charge in [-0.2, -0.15) is 0 Å². The molecular formula is C18H18IN3O2S2. The van der Waals surface area contributed by atoms with Gasteiger partial charge in [0.25, 0.3) is 11.8 Å². The van der Waals surface area contributed by atoms with Gasteiger partial charge in [-0.3, -0.25) is 14.9 Å². The quantitative estimate of drug-likeness (QED) is 0.444. The summed E-state index contributed by atoms with van der Waals surface area (Å²) in [6, 6.07) is 7.25. The molecule has 4 N–H and O–H groups in total. The number of thiophene rings is 1. The van der Waals surface area contributed by atoms with Crippen molar-refractivity contribution in [1.29, 1.82) is 0 Å². The van der Waals surface area contributed by atoms with E-state index < -0.39 is 5.91 Å². The molecule has 0 bridgehead atoms. The number of nitrogens with two attached hydrogens (primary N) is 1. The summed E-state index contributed by atoms with van der Waals surface area (Å²) in [6.07, 6.45) is 2.81. The van der Waals surface area contributed by atoms with E-state index in [1.807, 2.05) is 12.1 Å². The molecule has 1 aliphatic carbocycles. The van der Waals surface area contributed by atoms with Crippen LogP contribution in [-0.2, 0) is 12.8 Å². The van der Waals surface area contributed by atoms with Gasteiger partial charge >= 0.3 is 0 Å². The van der Waals surface area contributed by atoms with Crippen molar-refractivity contribution in [1.82, 2.24) is 5.32 Å². The van der Waals surface area contributed by atoms with E-state index in [4.69, 9.17) is 18.0 Å². The van der Waals surface area contributed by atoms with Gasteiger partial charge in [-0.25, -0.2) is 0 Å². The molecule has 1 aromatic carbocycles. The van der Waals surface area contributed by atoms with E-state index in [-0.39, 0.29) is 11.0 Å². The zero-order valence-electron chi connectivity index (χ0n) is 14.1. The summed E-state index contributed by atoms with van der Waals surface area (Å²) in [5.41, 5.74) is 7.68. The molecule has 3 rings (SSSR count). The third kappa shape index (κ3) is 4.07. The van der Waals surface area contributed by atoms with Crippen molar-refractivity contribution in [2.45, 2.75) is 26.2 Å². The summed E-state index contributed by atoms with van der Waals surface area (Å²) in [5.74, 6) is -0.170. The number of anilines is 1. The minimum absolute atomic E-state index is 0.156. The van der Waals surface area contributed by atoms with Crippen LogP contribution in [0.25, 0.3) is 0 Å². The summed E-state index contributed by atoms with van der Waals surface area (Å²) in [6.45, 7) is 2.20. The van der Waals surface area contributed by atoms with E-state index in [0.29, 0.717) is 22.0 Å². The summed E-state index contributed by atoms with van der Waals surface area (Å²) >= 11 is 8.87. The highest BCUT2D eigenvalue weighted by molar-refractivity contribution is 14.1. The highest BCUT2D eigenvalue weighted by Crippen LogP contribution is 2.39. The number of nitrogens with one attached hydrogen (secondary N) is 2. The normalized spacial score (nSPS) is 15.8. The van der Waals surface area contributed by atoms with Crippen LogP contribution < -0.4 is 16.4 Å². The topological polar surface area (TPSA) is 84.2 Å². The van der Waals surface area contributed by atoms with Gasteiger partial charge in [0.2, 0.25) is 0 Å². The van der Waals surface area contributed by atoms with Crippen LogP contribution in [0.3, 0.4) is 0 Å². The van der Waals surface area contributed by atoms with Gasteiger partial charge in [-0.15, -0.1) is 11.3 Å². The third-order valence-electron chi connectivity index (χ3n) is 4.33. The number of benzene rings is 1. The maximum absolute atomic E-state index is 12.4. The molecule has 0 saturated carbocycles. The first kappa shape index (κ1) is 19.2. The number of hydrogen-bond acceptors (Lipinski definition) is 4. The van der Waals surface area contributed by atoms with Gasteiger partial charge in [0, 0.05) is 8.45 Å². The minimum atomic E-state index is -0.466. The molecule has 0 saturated heterocycles. The Hall–Kier alpha value is -1.52. The maximum atomic E-state index is 12.4.